The molecule has 2 heterocycles. The lowest BCUT2D eigenvalue weighted by molar-refractivity contribution is 0.197. The zero-order valence-corrected chi connectivity index (χ0v) is 12.1. The lowest BCUT2D eigenvalue weighted by atomic mass is 10.0. The molecular weight excluding hydrogens is 248 g/mol. The van der Waals surface area contributed by atoms with Gasteiger partial charge in [-0.2, -0.15) is 0 Å². The average Bonchev–Trinajstić information content (AvgIpc) is 2.49. The van der Waals surface area contributed by atoms with E-state index in [1.165, 1.54) is 5.56 Å². The second kappa shape index (κ2) is 7.12. The molecule has 0 amide bonds. The molecule has 20 heavy (non-hydrogen) atoms. The Morgan fingerprint density at radius 1 is 1.20 bits per heavy atom. The molecule has 4 heteroatoms. The Labute approximate surface area is 120 Å². The second-order valence-electron chi connectivity index (χ2n) is 5.05. The topological polar surface area (TPSA) is 55.0 Å². The van der Waals surface area contributed by atoms with E-state index in [1.807, 2.05) is 36.7 Å². The van der Waals surface area contributed by atoms with Gasteiger partial charge in [-0.3, -0.25) is 14.9 Å². The van der Waals surface area contributed by atoms with Crippen molar-refractivity contribution < 1.29 is 0 Å². The van der Waals surface area contributed by atoms with Crippen molar-refractivity contribution in [3.63, 3.8) is 0 Å². The number of hydrogen-bond donors (Lipinski definition) is 1. The molecule has 2 N–H and O–H groups in total. The number of nitrogens with zero attached hydrogens (tertiary/aromatic N) is 3. The van der Waals surface area contributed by atoms with Crippen LogP contribution in [0.2, 0.25) is 0 Å². The van der Waals surface area contributed by atoms with Crippen molar-refractivity contribution in [3.05, 3.63) is 60.2 Å². The van der Waals surface area contributed by atoms with Gasteiger partial charge in [-0.25, -0.2) is 0 Å². The first-order chi connectivity index (χ1) is 9.72. The smallest absolute Gasteiger partial charge is 0.0674 e. The summed E-state index contributed by atoms with van der Waals surface area (Å²) in [5.41, 5.74) is 8.51. The van der Waals surface area contributed by atoms with E-state index in [1.54, 1.807) is 6.20 Å². The molecule has 0 aliphatic carbocycles. The molecule has 0 aliphatic heterocycles. The van der Waals surface area contributed by atoms with Crippen LogP contribution >= 0.6 is 0 Å². The first-order valence-electron chi connectivity index (χ1n) is 6.98. The third kappa shape index (κ3) is 3.62. The molecule has 0 bridgehead atoms. The van der Waals surface area contributed by atoms with Gasteiger partial charge in [0, 0.05) is 31.2 Å². The van der Waals surface area contributed by atoms with Crippen LogP contribution < -0.4 is 5.73 Å². The molecule has 0 fully saturated rings. The molecule has 0 aromatic carbocycles. The van der Waals surface area contributed by atoms with Crippen LogP contribution in [0.25, 0.3) is 0 Å². The lowest BCUT2D eigenvalue weighted by Crippen LogP contribution is -2.39. The van der Waals surface area contributed by atoms with Gasteiger partial charge in [-0.15, -0.1) is 0 Å². The standard InChI is InChI=1S/C16H22N4/c1-3-14(17)16(15-8-4-5-10-19-15)20(2)12-13-7-6-9-18-11-13/h4-11,14,16H,3,12,17H2,1-2H3. The van der Waals surface area contributed by atoms with Crippen molar-refractivity contribution in [2.45, 2.75) is 32.0 Å². The van der Waals surface area contributed by atoms with Crippen molar-refractivity contribution in [1.82, 2.24) is 14.9 Å². The van der Waals surface area contributed by atoms with Gasteiger partial charge in [0.15, 0.2) is 0 Å². The largest absolute Gasteiger partial charge is 0.326 e. The molecule has 2 aromatic rings. The van der Waals surface area contributed by atoms with E-state index in [-0.39, 0.29) is 12.1 Å². The van der Waals surface area contributed by atoms with E-state index >= 15 is 0 Å². The fourth-order valence-electron chi connectivity index (χ4n) is 2.42. The molecular formula is C16H22N4. The molecule has 0 saturated carbocycles. The fourth-order valence-corrected chi connectivity index (χ4v) is 2.42. The molecule has 0 aliphatic rings. The molecule has 0 radical (unpaired) electrons. The van der Waals surface area contributed by atoms with Crippen LogP contribution in [0.3, 0.4) is 0 Å². The third-order valence-corrected chi connectivity index (χ3v) is 3.50. The number of nitrogens with two attached hydrogens (primary N) is 1. The third-order valence-electron chi connectivity index (χ3n) is 3.50. The van der Waals surface area contributed by atoms with Crippen LogP contribution in [0, 0.1) is 0 Å². The van der Waals surface area contributed by atoms with Gasteiger partial charge in [0.2, 0.25) is 0 Å². The molecule has 4 nitrogen and oxygen atoms in total. The highest BCUT2D eigenvalue weighted by Gasteiger charge is 2.24. The predicted octanol–water partition coefficient (Wildman–Crippen LogP) is 2.39. The van der Waals surface area contributed by atoms with E-state index in [9.17, 15) is 0 Å². The van der Waals surface area contributed by atoms with Crippen molar-refractivity contribution in [1.29, 1.82) is 0 Å². The summed E-state index contributed by atoms with van der Waals surface area (Å²) in [4.78, 5) is 10.9. The average molecular weight is 270 g/mol. The maximum Gasteiger partial charge on any atom is 0.0674 e. The van der Waals surface area contributed by atoms with E-state index in [0.717, 1.165) is 18.7 Å². The highest BCUT2D eigenvalue weighted by Crippen LogP contribution is 2.23. The van der Waals surface area contributed by atoms with Gasteiger partial charge >= 0.3 is 0 Å². The highest BCUT2D eigenvalue weighted by atomic mass is 15.2. The molecule has 2 aromatic heterocycles. The van der Waals surface area contributed by atoms with Gasteiger partial charge in [-0.05, 0) is 37.2 Å². The molecule has 0 saturated heterocycles. The SMILES string of the molecule is CCC(N)C(c1ccccn1)N(C)Cc1cccnc1. The lowest BCUT2D eigenvalue weighted by Gasteiger charge is -2.31. The van der Waals surface area contributed by atoms with E-state index < -0.39 is 0 Å². The summed E-state index contributed by atoms with van der Waals surface area (Å²) < 4.78 is 0. The summed E-state index contributed by atoms with van der Waals surface area (Å²) in [6.45, 7) is 2.92. The Hall–Kier alpha value is -1.78. The van der Waals surface area contributed by atoms with E-state index in [4.69, 9.17) is 5.73 Å². The van der Waals surface area contributed by atoms with Crippen molar-refractivity contribution >= 4 is 0 Å². The minimum Gasteiger partial charge on any atom is -0.326 e. The van der Waals surface area contributed by atoms with Gasteiger partial charge in [0.1, 0.15) is 0 Å². The Balaban J connectivity index is 2.19. The first-order valence-corrected chi connectivity index (χ1v) is 6.98. The summed E-state index contributed by atoms with van der Waals surface area (Å²) in [6, 6.07) is 10.2. The van der Waals surface area contributed by atoms with Crippen LogP contribution in [-0.4, -0.2) is 28.0 Å². The normalized spacial score (nSPS) is 14.2. The maximum absolute atomic E-state index is 6.31. The zero-order chi connectivity index (χ0) is 14.4. The fraction of sp³-hybridized carbons (Fsp3) is 0.375. The summed E-state index contributed by atoms with van der Waals surface area (Å²) in [5, 5.41) is 0. The van der Waals surface area contributed by atoms with Crippen LogP contribution in [0.5, 0.6) is 0 Å². The van der Waals surface area contributed by atoms with E-state index in [0.29, 0.717) is 0 Å². The number of hydrogen-bond acceptors (Lipinski definition) is 4. The number of aromatic nitrogens is 2. The quantitative estimate of drug-likeness (QED) is 0.875. The monoisotopic (exact) mass is 270 g/mol. The van der Waals surface area contributed by atoms with Crippen molar-refractivity contribution in [2.75, 3.05) is 7.05 Å². The van der Waals surface area contributed by atoms with Gasteiger partial charge in [0.25, 0.3) is 0 Å². The predicted molar refractivity (Wildman–Crippen MR) is 80.9 cm³/mol. The maximum atomic E-state index is 6.31. The van der Waals surface area contributed by atoms with Crippen LogP contribution in [0.4, 0.5) is 0 Å². The molecule has 2 unspecified atom stereocenters. The minimum absolute atomic E-state index is 0.0616. The number of likely N-dealkylation sites (N-methyl/N-ethyl adjacent to an activating group) is 1. The van der Waals surface area contributed by atoms with Gasteiger partial charge in [-0.1, -0.05) is 19.1 Å². The Morgan fingerprint density at radius 3 is 2.65 bits per heavy atom. The minimum atomic E-state index is 0.0616. The Bertz CT molecular complexity index is 500. The van der Waals surface area contributed by atoms with Gasteiger partial charge in [0.05, 0.1) is 11.7 Å². The number of pyridine rings is 2. The van der Waals surface area contributed by atoms with Crippen LogP contribution in [-0.2, 0) is 6.54 Å². The Kier molecular flexibility index (Phi) is 5.21. The molecule has 2 atom stereocenters. The highest BCUT2D eigenvalue weighted by molar-refractivity contribution is 5.13. The summed E-state index contributed by atoms with van der Waals surface area (Å²) in [6.07, 6.45) is 6.42. The first kappa shape index (κ1) is 14.6. The zero-order valence-electron chi connectivity index (χ0n) is 12.1. The molecule has 106 valence electrons. The Morgan fingerprint density at radius 2 is 2.05 bits per heavy atom. The van der Waals surface area contributed by atoms with Gasteiger partial charge < -0.3 is 5.73 Å². The summed E-state index contributed by atoms with van der Waals surface area (Å²) in [7, 11) is 2.09. The van der Waals surface area contributed by atoms with Crippen molar-refractivity contribution in [2.24, 2.45) is 5.73 Å². The van der Waals surface area contributed by atoms with E-state index in [2.05, 4.69) is 34.9 Å². The van der Waals surface area contributed by atoms with Crippen LogP contribution in [0.15, 0.2) is 48.9 Å². The van der Waals surface area contributed by atoms with Crippen molar-refractivity contribution in [3.8, 4) is 0 Å². The second-order valence-corrected chi connectivity index (χ2v) is 5.05. The number of rotatable bonds is 6. The summed E-state index contributed by atoms with van der Waals surface area (Å²) in [5.74, 6) is 0. The summed E-state index contributed by atoms with van der Waals surface area (Å²) >= 11 is 0. The molecule has 2 rings (SSSR count). The molecule has 0 spiro atoms. The van der Waals surface area contributed by atoms with Crippen LogP contribution in [0.1, 0.15) is 30.6 Å².